The molecule has 1 saturated carbocycles. The number of aromatic amines is 1. The summed E-state index contributed by atoms with van der Waals surface area (Å²) < 4.78 is 0. The summed E-state index contributed by atoms with van der Waals surface area (Å²) in [4.78, 5) is 28.1. The van der Waals surface area contributed by atoms with Crippen LogP contribution in [-0.2, 0) is 11.2 Å². The Hall–Kier alpha value is -2.61. The van der Waals surface area contributed by atoms with Crippen LogP contribution < -0.4 is 10.7 Å². The fourth-order valence-corrected chi connectivity index (χ4v) is 3.22. The number of carbonyl (C=O) groups is 1. The monoisotopic (exact) mass is 309 g/mol. The molecule has 1 amide bonds. The fourth-order valence-electron chi connectivity index (χ4n) is 3.22. The van der Waals surface area contributed by atoms with Gasteiger partial charge in [-0.2, -0.15) is 5.26 Å². The van der Waals surface area contributed by atoms with E-state index in [0.29, 0.717) is 22.3 Å². The van der Waals surface area contributed by atoms with E-state index in [1.807, 2.05) is 12.1 Å². The first-order valence-electron chi connectivity index (χ1n) is 8.02. The van der Waals surface area contributed by atoms with Crippen LogP contribution in [0.25, 0.3) is 10.9 Å². The number of aromatic nitrogens is 1. The molecule has 0 radical (unpaired) electrons. The van der Waals surface area contributed by atoms with Crippen molar-refractivity contribution in [3.63, 3.8) is 0 Å². The van der Waals surface area contributed by atoms with Crippen molar-refractivity contribution in [2.24, 2.45) is 5.92 Å². The molecule has 5 nitrogen and oxygen atoms in total. The van der Waals surface area contributed by atoms with E-state index >= 15 is 0 Å². The van der Waals surface area contributed by atoms with Crippen LogP contribution in [0.2, 0.25) is 0 Å². The van der Waals surface area contributed by atoms with Crippen LogP contribution in [0, 0.1) is 17.2 Å². The number of benzene rings is 1. The minimum absolute atomic E-state index is 0.00587. The highest BCUT2D eigenvalue weighted by Crippen LogP contribution is 2.25. The van der Waals surface area contributed by atoms with Gasteiger partial charge in [0.2, 0.25) is 5.91 Å². The van der Waals surface area contributed by atoms with Gasteiger partial charge in [0.05, 0.1) is 23.6 Å². The molecule has 23 heavy (non-hydrogen) atoms. The third-order valence-corrected chi connectivity index (χ3v) is 4.49. The van der Waals surface area contributed by atoms with Gasteiger partial charge in [-0.15, -0.1) is 0 Å². The molecule has 0 unspecified atom stereocenters. The Morgan fingerprint density at radius 3 is 2.74 bits per heavy atom. The summed E-state index contributed by atoms with van der Waals surface area (Å²) in [6.07, 6.45) is 5.06. The molecule has 0 bridgehead atoms. The van der Waals surface area contributed by atoms with Gasteiger partial charge in [-0.25, -0.2) is 0 Å². The number of fused-ring (bicyclic) bond motifs is 1. The van der Waals surface area contributed by atoms with Crippen LogP contribution in [0.3, 0.4) is 0 Å². The second-order valence-corrected chi connectivity index (χ2v) is 6.01. The first kappa shape index (κ1) is 15.3. The number of nitriles is 1. The molecule has 118 valence electrons. The average molecular weight is 309 g/mol. The van der Waals surface area contributed by atoms with E-state index in [-0.39, 0.29) is 23.7 Å². The number of nitrogens with zero attached hydrogens (tertiary/aromatic N) is 1. The van der Waals surface area contributed by atoms with E-state index in [4.69, 9.17) is 5.26 Å². The Balaban J connectivity index is 1.98. The average Bonchev–Trinajstić information content (AvgIpc) is 2.59. The zero-order valence-corrected chi connectivity index (χ0v) is 12.9. The van der Waals surface area contributed by atoms with Gasteiger partial charge in [-0.05, 0) is 25.0 Å². The maximum Gasteiger partial charge on any atom is 0.228 e. The molecule has 0 atom stereocenters. The fraction of sp³-hybridized carbons (Fsp3) is 0.389. The summed E-state index contributed by atoms with van der Waals surface area (Å²) in [5.41, 5.74) is 0.799. The van der Waals surface area contributed by atoms with Crippen molar-refractivity contribution in [1.29, 1.82) is 5.26 Å². The second kappa shape index (κ2) is 6.66. The van der Waals surface area contributed by atoms with E-state index in [0.717, 1.165) is 25.7 Å². The van der Waals surface area contributed by atoms with E-state index in [1.165, 1.54) is 6.42 Å². The zero-order chi connectivity index (χ0) is 16.2. The minimum Gasteiger partial charge on any atom is -0.341 e. The lowest BCUT2D eigenvalue weighted by Crippen LogP contribution is -2.27. The number of amides is 1. The number of hydrogen-bond acceptors (Lipinski definition) is 3. The van der Waals surface area contributed by atoms with Crippen molar-refractivity contribution in [3.05, 3.63) is 40.1 Å². The molecule has 1 aromatic carbocycles. The largest absolute Gasteiger partial charge is 0.341 e. The summed E-state index contributed by atoms with van der Waals surface area (Å²) in [6.45, 7) is 0. The van der Waals surface area contributed by atoms with Gasteiger partial charge >= 0.3 is 0 Å². The van der Waals surface area contributed by atoms with Crippen molar-refractivity contribution in [1.82, 2.24) is 4.98 Å². The molecule has 2 aromatic rings. The molecular weight excluding hydrogens is 290 g/mol. The van der Waals surface area contributed by atoms with Gasteiger partial charge in [-0.3, -0.25) is 9.59 Å². The van der Waals surface area contributed by atoms with Crippen LogP contribution in [-0.4, -0.2) is 10.9 Å². The second-order valence-electron chi connectivity index (χ2n) is 6.01. The zero-order valence-electron chi connectivity index (χ0n) is 12.9. The van der Waals surface area contributed by atoms with Crippen molar-refractivity contribution >= 4 is 22.6 Å². The Morgan fingerprint density at radius 1 is 1.26 bits per heavy atom. The molecule has 1 fully saturated rings. The summed E-state index contributed by atoms with van der Waals surface area (Å²) >= 11 is 0. The van der Waals surface area contributed by atoms with Gasteiger partial charge in [0.25, 0.3) is 0 Å². The van der Waals surface area contributed by atoms with Crippen molar-refractivity contribution in [2.75, 3.05) is 5.32 Å². The van der Waals surface area contributed by atoms with Crippen molar-refractivity contribution in [3.8, 4) is 6.07 Å². The van der Waals surface area contributed by atoms with Crippen LogP contribution in [0.5, 0.6) is 0 Å². The molecule has 1 aliphatic rings. The SMILES string of the molecule is N#CCc1c(NC(=O)C2CCCCC2)[nH]c2ccccc2c1=O. The summed E-state index contributed by atoms with van der Waals surface area (Å²) in [5, 5.41) is 12.4. The number of hydrogen-bond donors (Lipinski definition) is 2. The number of rotatable bonds is 3. The van der Waals surface area contributed by atoms with Crippen LogP contribution in [0.15, 0.2) is 29.1 Å². The highest BCUT2D eigenvalue weighted by molar-refractivity contribution is 5.94. The van der Waals surface area contributed by atoms with E-state index < -0.39 is 0 Å². The summed E-state index contributed by atoms with van der Waals surface area (Å²) in [5.74, 6) is 0.300. The normalized spacial score (nSPS) is 15.3. The van der Waals surface area contributed by atoms with Gasteiger partial charge in [0.15, 0.2) is 5.43 Å². The standard InChI is InChI=1S/C18H19N3O2/c19-11-10-14-16(22)13-8-4-5-9-15(13)20-17(14)21-18(23)12-6-2-1-3-7-12/h4-5,8-9,12H,1-3,6-7,10H2,(H2,20,21,22,23). The Labute approximate surface area is 134 Å². The predicted molar refractivity (Wildman–Crippen MR) is 89.1 cm³/mol. The molecule has 2 N–H and O–H groups in total. The highest BCUT2D eigenvalue weighted by atomic mass is 16.2. The van der Waals surface area contributed by atoms with Gasteiger partial charge in [0.1, 0.15) is 5.82 Å². The van der Waals surface area contributed by atoms with Crippen molar-refractivity contribution < 1.29 is 4.79 Å². The summed E-state index contributed by atoms with van der Waals surface area (Å²) in [7, 11) is 0. The van der Waals surface area contributed by atoms with Crippen LogP contribution in [0.4, 0.5) is 5.82 Å². The molecule has 5 heteroatoms. The maximum atomic E-state index is 12.6. The number of pyridine rings is 1. The van der Waals surface area contributed by atoms with Crippen molar-refractivity contribution in [2.45, 2.75) is 38.5 Å². The highest BCUT2D eigenvalue weighted by Gasteiger charge is 2.23. The number of anilines is 1. The van der Waals surface area contributed by atoms with E-state index in [9.17, 15) is 9.59 Å². The number of para-hydroxylation sites is 1. The van der Waals surface area contributed by atoms with Gasteiger partial charge < -0.3 is 10.3 Å². The predicted octanol–water partition coefficient (Wildman–Crippen LogP) is 3.11. The lowest BCUT2D eigenvalue weighted by atomic mass is 9.88. The Morgan fingerprint density at radius 2 is 2.00 bits per heavy atom. The third-order valence-electron chi connectivity index (χ3n) is 4.49. The lowest BCUT2D eigenvalue weighted by molar-refractivity contribution is -0.120. The molecule has 0 aliphatic heterocycles. The van der Waals surface area contributed by atoms with Crippen LogP contribution >= 0.6 is 0 Å². The topological polar surface area (TPSA) is 85.8 Å². The molecule has 0 spiro atoms. The smallest absolute Gasteiger partial charge is 0.228 e. The Bertz CT molecular complexity index is 826. The maximum absolute atomic E-state index is 12.6. The number of carbonyl (C=O) groups excluding carboxylic acids is 1. The molecule has 0 saturated heterocycles. The third kappa shape index (κ3) is 3.11. The summed E-state index contributed by atoms with van der Waals surface area (Å²) in [6, 6.07) is 9.14. The van der Waals surface area contributed by atoms with Crippen LogP contribution in [0.1, 0.15) is 37.7 Å². The molecule has 1 heterocycles. The Kier molecular flexibility index (Phi) is 4.42. The molecule has 1 aromatic heterocycles. The lowest BCUT2D eigenvalue weighted by Gasteiger charge is -2.21. The van der Waals surface area contributed by atoms with Gasteiger partial charge in [-0.1, -0.05) is 31.4 Å². The minimum atomic E-state index is -0.195. The quantitative estimate of drug-likeness (QED) is 0.913. The van der Waals surface area contributed by atoms with Gasteiger partial charge in [0, 0.05) is 11.3 Å². The van der Waals surface area contributed by atoms with E-state index in [1.54, 1.807) is 18.2 Å². The molecular formula is C18H19N3O2. The molecule has 1 aliphatic carbocycles. The first-order valence-corrected chi connectivity index (χ1v) is 8.02. The first-order chi connectivity index (χ1) is 11.2. The molecule has 3 rings (SSSR count). The number of H-pyrrole nitrogens is 1. The number of nitrogens with one attached hydrogen (secondary N) is 2. The van der Waals surface area contributed by atoms with E-state index in [2.05, 4.69) is 10.3 Å².